The van der Waals surface area contributed by atoms with Gasteiger partial charge in [0, 0.05) is 19.5 Å². The largest absolute Gasteiger partial charge is 0.481 e. The topological polar surface area (TPSA) is 104 Å². The minimum atomic E-state index is -0.766. The Bertz CT molecular complexity index is 270. The van der Waals surface area contributed by atoms with Gasteiger partial charge in [0.2, 0.25) is 0 Å². The second kappa shape index (κ2) is 10.6. The smallest absolute Gasteiger partial charge is 0.314 e. The third-order valence-corrected chi connectivity index (χ3v) is 3.14. The summed E-state index contributed by atoms with van der Waals surface area (Å²) in [5, 5.41) is 14.2. The average molecular weight is 273 g/mol. The first-order valence-corrected chi connectivity index (χ1v) is 6.91. The van der Waals surface area contributed by atoms with Crippen LogP contribution in [-0.2, 0) is 4.79 Å². The van der Waals surface area contributed by atoms with Gasteiger partial charge in [0.25, 0.3) is 0 Å². The first-order chi connectivity index (χ1) is 8.97. The molecule has 0 heterocycles. The van der Waals surface area contributed by atoms with E-state index in [2.05, 4.69) is 24.5 Å². The van der Waals surface area contributed by atoms with Crippen LogP contribution in [0.4, 0.5) is 4.79 Å². The minimum absolute atomic E-state index is 0.186. The van der Waals surface area contributed by atoms with Crippen LogP contribution >= 0.6 is 0 Å². The van der Waals surface area contributed by atoms with Gasteiger partial charge >= 0.3 is 12.0 Å². The highest BCUT2D eigenvalue weighted by molar-refractivity contribution is 5.73. The van der Waals surface area contributed by atoms with Crippen molar-refractivity contribution in [3.8, 4) is 0 Å². The summed E-state index contributed by atoms with van der Waals surface area (Å²) in [7, 11) is 0. The molecule has 1 unspecified atom stereocenters. The molecule has 0 saturated carbocycles. The maximum absolute atomic E-state index is 11.4. The molecule has 0 saturated heterocycles. The summed E-state index contributed by atoms with van der Waals surface area (Å²) >= 11 is 0. The van der Waals surface area contributed by atoms with Crippen molar-refractivity contribution in [2.75, 3.05) is 19.6 Å². The van der Waals surface area contributed by atoms with E-state index in [4.69, 9.17) is 10.8 Å². The van der Waals surface area contributed by atoms with Crippen molar-refractivity contribution in [1.82, 2.24) is 10.6 Å². The quantitative estimate of drug-likeness (QED) is 0.448. The van der Waals surface area contributed by atoms with Crippen LogP contribution in [-0.4, -0.2) is 36.7 Å². The predicted octanol–water partition coefficient (Wildman–Crippen LogP) is 1.16. The number of hydrogen-bond acceptors (Lipinski definition) is 3. The molecule has 0 aliphatic carbocycles. The van der Waals surface area contributed by atoms with Crippen LogP contribution in [0.1, 0.15) is 39.5 Å². The van der Waals surface area contributed by atoms with Gasteiger partial charge in [-0.15, -0.1) is 0 Å². The Balaban J connectivity index is 3.79. The molecule has 0 aromatic carbocycles. The van der Waals surface area contributed by atoms with Gasteiger partial charge in [0.05, 0.1) is 0 Å². The van der Waals surface area contributed by atoms with E-state index in [0.717, 1.165) is 12.8 Å². The molecule has 0 spiro atoms. The molecule has 0 rings (SSSR count). The van der Waals surface area contributed by atoms with Gasteiger partial charge < -0.3 is 21.5 Å². The standard InChI is InChI=1S/C13H27N3O3/c1-10(2)11(4-5-12(17)18)6-9-16-13(19)15-8-3-7-14/h10-11H,3-9,14H2,1-2H3,(H,17,18)(H2,15,16,19). The highest BCUT2D eigenvalue weighted by Gasteiger charge is 2.15. The molecule has 0 bridgehead atoms. The fourth-order valence-corrected chi connectivity index (χ4v) is 1.86. The lowest BCUT2D eigenvalue weighted by atomic mass is 9.88. The first-order valence-electron chi connectivity index (χ1n) is 6.91. The first kappa shape index (κ1) is 17.7. The zero-order valence-electron chi connectivity index (χ0n) is 11.9. The van der Waals surface area contributed by atoms with E-state index in [9.17, 15) is 9.59 Å². The van der Waals surface area contributed by atoms with Crippen LogP contribution < -0.4 is 16.4 Å². The Morgan fingerprint density at radius 2 is 1.79 bits per heavy atom. The summed E-state index contributed by atoms with van der Waals surface area (Å²) in [6.07, 6.45) is 2.41. The van der Waals surface area contributed by atoms with Crippen LogP contribution in [0.5, 0.6) is 0 Å². The second-order valence-electron chi connectivity index (χ2n) is 5.05. The lowest BCUT2D eigenvalue weighted by Gasteiger charge is -2.20. The third-order valence-electron chi connectivity index (χ3n) is 3.14. The van der Waals surface area contributed by atoms with Crippen molar-refractivity contribution in [3.63, 3.8) is 0 Å². The lowest BCUT2D eigenvalue weighted by Crippen LogP contribution is -2.37. The zero-order valence-corrected chi connectivity index (χ0v) is 11.9. The van der Waals surface area contributed by atoms with E-state index in [0.29, 0.717) is 37.9 Å². The number of urea groups is 1. The molecule has 0 aliphatic heterocycles. The lowest BCUT2D eigenvalue weighted by molar-refractivity contribution is -0.137. The molecule has 19 heavy (non-hydrogen) atoms. The molecule has 112 valence electrons. The van der Waals surface area contributed by atoms with Crippen molar-refractivity contribution in [2.45, 2.75) is 39.5 Å². The molecule has 6 heteroatoms. The molecule has 0 aliphatic rings. The van der Waals surface area contributed by atoms with Gasteiger partial charge in [-0.3, -0.25) is 4.79 Å². The van der Waals surface area contributed by atoms with Crippen LogP contribution in [0.3, 0.4) is 0 Å². The van der Waals surface area contributed by atoms with E-state index >= 15 is 0 Å². The molecule has 2 amide bonds. The van der Waals surface area contributed by atoms with E-state index in [-0.39, 0.29) is 12.5 Å². The molecule has 1 atom stereocenters. The van der Waals surface area contributed by atoms with Gasteiger partial charge in [0.1, 0.15) is 0 Å². The van der Waals surface area contributed by atoms with Gasteiger partial charge in [-0.1, -0.05) is 13.8 Å². The number of carboxylic acids is 1. The van der Waals surface area contributed by atoms with Gasteiger partial charge in [0.15, 0.2) is 0 Å². The minimum Gasteiger partial charge on any atom is -0.481 e. The Morgan fingerprint density at radius 1 is 1.16 bits per heavy atom. The van der Waals surface area contributed by atoms with Gasteiger partial charge in [-0.25, -0.2) is 4.79 Å². The Kier molecular flexibility index (Phi) is 9.88. The number of carboxylic acid groups (broad SMARTS) is 1. The van der Waals surface area contributed by atoms with Gasteiger partial charge in [-0.05, 0) is 37.6 Å². The number of rotatable bonds is 10. The van der Waals surface area contributed by atoms with E-state index in [1.165, 1.54) is 0 Å². The maximum Gasteiger partial charge on any atom is 0.314 e. The van der Waals surface area contributed by atoms with Crippen molar-refractivity contribution in [3.05, 3.63) is 0 Å². The Morgan fingerprint density at radius 3 is 2.32 bits per heavy atom. The molecule has 0 fully saturated rings. The molecule has 0 aromatic rings. The summed E-state index contributed by atoms with van der Waals surface area (Å²) in [4.78, 5) is 21.9. The monoisotopic (exact) mass is 273 g/mol. The number of aliphatic carboxylic acids is 1. The molecule has 0 radical (unpaired) electrons. The van der Waals surface area contributed by atoms with Crippen LogP contribution in [0, 0.1) is 11.8 Å². The van der Waals surface area contributed by atoms with Crippen LogP contribution in [0.2, 0.25) is 0 Å². The summed E-state index contributed by atoms with van der Waals surface area (Å²) in [5.41, 5.74) is 5.33. The fraction of sp³-hybridized carbons (Fsp3) is 0.846. The predicted molar refractivity (Wildman–Crippen MR) is 74.9 cm³/mol. The summed E-state index contributed by atoms with van der Waals surface area (Å²) in [6.45, 7) is 5.86. The highest BCUT2D eigenvalue weighted by atomic mass is 16.4. The normalized spacial score (nSPS) is 12.2. The summed E-state index contributed by atoms with van der Waals surface area (Å²) in [6, 6.07) is -0.186. The molecular formula is C13H27N3O3. The highest BCUT2D eigenvalue weighted by Crippen LogP contribution is 2.20. The fourth-order valence-electron chi connectivity index (χ4n) is 1.86. The maximum atomic E-state index is 11.4. The van der Waals surface area contributed by atoms with Crippen molar-refractivity contribution >= 4 is 12.0 Å². The van der Waals surface area contributed by atoms with Crippen molar-refractivity contribution in [1.29, 1.82) is 0 Å². The number of nitrogens with two attached hydrogens (primary N) is 1. The summed E-state index contributed by atoms with van der Waals surface area (Å²) < 4.78 is 0. The molecule has 0 aromatic heterocycles. The number of hydrogen-bond donors (Lipinski definition) is 4. The van der Waals surface area contributed by atoms with E-state index < -0.39 is 5.97 Å². The van der Waals surface area contributed by atoms with Crippen molar-refractivity contribution in [2.24, 2.45) is 17.6 Å². The number of amides is 2. The Hall–Kier alpha value is -1.30. The van der Waals surface area contributed by atoms with Crippen molar-refractivity contribution < 1.29 is 14.7 Å². The third kappa shape index (κ3) is 10.3. The Labute approximate surface area is 115 Å². The number of nitrogens with one attached hydrogen (secondary N) is 2. The molecular weight excluding hydrogens is 246 g/mol. The van der Waals surface area contributed by atoms with Crippen LogP contribution in [0.15, 0.2) is 0 Å². The average Bonchev–Trinajstić information content (AvgIpc) is 2.33. The van der Waals surface area contributed by atoms with E-state index in [1.54, 1.807) is 0 Å². The van der Waals surface area contributed by atoms with Crippen LogP contribution in [0.25, 0.3) is 0 Å². The number of carbonyl (C=O) groups is 2. The zero-order chi connectivity index (χ0) is 14.7. The number of carbonyl (C=O) groups excluding carboxylic acids is 1. The summed E-state index contributed by atoms with van der Waals surface area (Å²) in [5.74, 6) is -0.0278. The SMILES string of the molecule is CC(C)C(CCNC(=O)NCCCN)CCC(=O)O. The molecule has 5 N–H and O–H groups in total. The van der Waals surface area contributed by atoms with Gasteiger partial charge in [-0.2, -0.15) is 0 Å². The molecule has 6 nitrogen and oxygen atoms in total. The second-order valence-corrected chi connectivity index (χ2v) is 5.05. The van der Waals surface area contributed by atoms with E-state index in [1.807, 2.05) is 0 Å².